The van der Waals surface area contributed by atoms with Gasteiger partial charge >= 0.3 is 0 Å². The minimum absolute atomic E-state index is 0.399. The summed E-state index contributed by atoms with van der Waals surface area (Å²) in [4.78, 5) is 6.07. The molecule has 0 radical (unpaired) electrons. The van der Waals surface area contributed by atoms with E-state index in [1.54, 1.807) is 11.3 Å². The maximum atomic E-state index is 5.89. The van der Waals surface area contributed by atoms with Gasteiger partial charge in [0.1, 0.15) is 6.61 Å². The van der Waals surface area contributed by atoms with Gasteiger partial charge in [-0.1, -0.05) is 37.5 Å². The zero-order chi connectivity index (χ0) is 13.4. The van der Waals surface area contributed by atoms with E-state index in [-0.39, 0.29) is 0 Å². The van der Waals surface area contributed by atoms with E-state index in [0.717, 1.165) is 18.4 Å². The van der Waals surface area contributed by atoms with Crippen LogP contribution < -0.4 is 0 Å². The minimum Gasteiger partial charge on any atom is -0.475 e. The Morgan fingerprint density at radius 2 is 1.95 bits per heavy atom. The van der Waals surface area contributed by atoms with Crippen molar-refractivity contribution in [1.82, 2.24) is 0 Å². The van der Waals surface area contributed by atoms with E-state index in [9.17, 15) is 0 Å². The minimum atomic E-state index is 0.399. The lowest BCUT2D eigenvalue weighted by Crippen LogP contribution is -2.22. The zero-order valence-corrected chi connectivity index (χ0v) is 12.4. The number of hydrogen-bond acceptors (Lipinski definition) is 3. The SMILES string of the molecule is c1ccc2sc(C3=NC(C4CCCCC4)CO3)cc2c1. The summed E-state index contributed by atoms with van der Waals surface area (Å²) >= 11 is 1.79. The molecule has 1 aliphatic carbocycles. The molecule has 0 N–H and O–H groups in total. The van der Waals surface area contributed by atoms with Gasteiger partial charge in [0.05, 0.1) is 10.9 Å². The Morgan fingerprint density at radius 1 is 1.10 bits per heavy atom. The maximum absolute atomic E-state index is 5.89. The van der Waals surface area contributed by atoms with Crippen molar-refractivity contribution in [2.75, 3.05) is 6.61 Å². The first-order valence-electron chi connectivity index (χ1n) is 7.60. The number of aliphatic imine (C=N–C) groups is 1. The molecule has 1 aliphatic heterocycles. The summed E-state index contributed by atoms with van der Waals surface area (Å²) < 4.78 is 7.21. The Labute approximate surface area is 123 Å². The highest BCUT2D eigenvalue weighted by Gasteiger charge is 2.29. The Hall–Kier alpha value is -1.35. The summed E-state index contributed by atoms with van der Waals surface area (Å²) in [5, 5.41) is 1.29. The molecule has 1 unspecified atom stereocenters. The van der Waals surface area contributed by atoms with E-state index in [0.29, 0.717) is 6.04 Å². The summed E-state index contributed by atoms with van der Waals surface area (Å²) in [6.07, 6.45) is 6.80. The van der Waals surface area contributed by atoms with Crippen LogP contribution in [0.3, 0.4) is 0 Å². The number of thiophene rings is 1. The van der Waals surface area contributed by atoms with Gasteiger partial charge in [-0.3, -0.25) is 0 Å². The smallest absolute Gasteiger partial charge is 0.226 e. The molecule has 0 spiro atoms. The second-order valence-corrected chi connectivity index (χ2v) is 6.94. The van der Waals surface area contributed by atoms with Gasteiger partial charge in [-0.2, -0.15) is 0 Å². The molecule has 0 bridgehead atoms. The van der Waals surface area contributed by atoms with E-state index in [4.69, 9.17) is 9.73 Å². The third kappa shape index (κ3) is 2.24. The maximum Gasteiger partial charge on any atom is 0.226 e. The lowest BCUT2D eigenvalue weighted by Gasteiger charge is -2.24. The number of hydrogen-bond donors (Lipinski definition) is 0. The fourth-order valence-corrected chi connectivity index (χ4v) is 4.39. The first-order chi connectivity index (χ1) is 9.90. The van der Waals surface area contributed by atoms with Crippen molar-refractivity contribution in [3.05, 3.63) is 35.2 Å². The van der Waals surface area contributed by atoms with Gasteiger partial charge in [-0.15, -0.1) is 11.3 Å². The van der Waals surface area contributed by atoms with E-state index in [2.05, 4.69) is 30.3 Å². The van der Waals surface area contributed by atoms with Gasteiger partial charge in [0.2, 0.25) is 5.90 Å². The van der Waals surface area contributed by atoms with Crippen LogP contribution in [-0.4, -0.2) is 18.5 Å². The molecule has 2 heterocycles. The summed E-state index contributed by atoms with van der Waals surface area (Å²) in [7, 11) is 0. The van der Waals surface area contributed by atoms with Gasteiger partial charge < -0.3 is 4.74 Å². The van der Waals surface area contributed by atoms with Crippen LogP contribution in [0, 0.1) is 5.92 Å². The first kappa shape index (κ1) is 12.4. The molecule has 1 aromatic carbocycles. The van der Waals surface area contributed by atoms with Crippen molar-refractivity contribution in [2.24, 2.45) is 10.9 Å². The lowest BCUT2D eigenvalue weighted by molar-refractivity contribution is 0.241. The average Bonchev–Trinajstić information content (AvgIpc) is 3.14. The molecule has 1 atom stereocenters. The normalized spacial score (nSPS) is 23.8. The highest BCUT2D eigenvalue weighted by atomic mass is 32.1. The monoisotopic (exact) mass is 285 g/mol. The molecule has 2 aromatic rings. The largest absolute Gasteiger partial charge is 0.475 e. The molecule has 4 rings (SSSR count). The van der Waals surface area contributed by atoms with E-state index < -0.39 is 0 Å². The van der Waals surface area contributed by atoms with Crippen LogP contribution in [0.5, 0.6) is 0 Å². The molecule has 0 saturated heterocycles. The van der Waals surface area contributed by atoms with Crippen LogP contribution in [0.2, 0.25) is 0 Å². The Balaban J connectivity index is 1.59. The molecular formula is C17H19NOS. The quantitative estimate of drug-likeness (QED) is 0.788. The van der Waals surface area contributed by atoms with Crippen LogP contribution in [0.4, 0.5) is 0 Å². The average molecular weight is 285 g/mol. The zero-order valence-electron chi connectivity index (χ0n) is 11.5. The Morgan fingerprint density at radius 3 is 2.80 bits per heavy atom. The lowest BCUT2D eigenvalue weighted by atomic mass is 9.84. The van der Waals surface area contributed by atoms with Crippen molar-refractivity contribution in [3.63, 3.8) is 0 Å². The van der Waals surface area contributed by atoms with Crippen LogP contribution >= 0.6 is 11.3 Å². The number of rotatable bonds is 2. The number of fused-ring (bicyclic) bond motifs is 1. The van der Waals surface area contributed by atoms with Gasteiger partial charge in [0, 0.05) is 4.70 Å². The van der Waals surface area contributed by atoms with Crippen LogP contribution in [0.15, 0.2) is 35.3 Å². The third-order valence-corrected chi connectivity index (χ3v) is 5.61. The molecule has 1 fully saturated rings. The fraction of sp³-hybridized carbons (Fsp3) is 0.471. The van der Waals surface area contributed by atoms with Gasteiger partial charge in [0.15, 0.2) is 0 Å². The third-order valence-electron chi connectivity index (χ3n) is 4.50. The highest BCUT2D eigenvalue weighted by Crippen LogP contribution is 2.33. The first-order valence-corrected chi connectivity index (χ1v) is 8.41. The highest BCUT2D eigenvalue weighted by molar-refractivity contribution is 7.20. The molecule has 2 aliphatic rings. The predicted octanol–water partition coefficient (Wildman–Crippen LogP) is 4.63. The topological polar surface area (TPSA) is 21.6 Å². The van der Waals surface area contributed by atoms with Crippen molar-refractivity contribution in [3.8, 4) is 0 Å². The molecule has 1 aromatic heterocycles. The summed E-state index contributed by atoms with van der Waals surface area (Å²) in [6.45, 7) is 0.786. The fourth-order valence-electron chi connectivity index (χ4n) is 3.37. The molecule has 3 heteroatoms. The van der Waals surface area contributed by atoms with Gasteiger partial charge in [0.25, 0.3) is 0 Å². The van der Waals surface area contributed by atoms with Gasteiger partial charge in [-0.05, 0) is 36.3 Å². The molecule has 2 nitrogen and oxygen atoms in total. The summed E-state index contributed by atoms with van der Waals surface area (Å²) in [5.74, 6) is 1.62. The Bertz CT molecular complexity index is 606. The molecule has 1 saturated carbocycles. The van der Waals surface area contributed by atoms with E-state index in [1.807, 2.05) is 0 Å². The van der Waals surface area contributed by atoms with Crippen LogP contribution in [0.25, 0.3) is 10.1 Å². The van der Waals surface area contributed by atoms with Crippen molar-refractivity contribution in [2.45, 2.75) is 38.1 Å². The Kier molecular flexibility index (Phi) is 3.23. The summed E-state index contributed by atoms with van der Waals surface area (Å²) in [6, 6.07) is 11.1. The summed E-state index contributed by atoms with van der Waals surface area (Å²) in [5.41, 5.74) is 0. The molecule has 104 valence electrons. The van der Waals surface area contributed by atoms with E-state index in [1.165, 1.54) is 47.1 Å². The molecular weight excluding hydrogens is 266 g/mol. The molecule has 20 heavy (non-hydrogen) atoms. The van der Waals surface area contributed by atoms with Gasteiger partial charge in [-0.25, -0.2) is 4.99 Å². The van der Waals surface area contributed by atoms with Crippen molar-refractivity contribution < 1.29 is 4.74 Å². The van der Waals surface area contributed by atoms with E-state index >= 15 is 0 Å². The standard InChI is InChI=1S/C17H19NOS/c1-2-6-12(7-3-1)14-11-19-17(18-14)16-10-13-8-4-5-9-15(13)20-16/h4-5,8-10,12,14H,1-3,6-7,11H2. The second-order valence-electron chi connectivity index (χ2n) is 5.86. The number of ether oxygens (including phenoxy) is 1. The van der Waals surface area contributed by atoms with Crippen LogP contribution in [-0.2, 0) is 4.74 Å². The van der Waals surface area contributed by atoms with Crippen molar-refractivity contribution >= 4 is 27.3 Å². The second kappa shape index (κ2) is 5.21. The number of benzene rings is 1. The van der Waals surface area contributed by atoms with Crippen LogP contribution in [0.1, 0.15) is 37.0 Å². The van der Waals surface area contributed by atoms with Crippen molar-refractivity contribution in [1.29, 1.82) is 0 Å². The predicted molar refractivity (Wildman–Crippen MR) is 84.7 cm³/mol. The number of nitrogens with zero attached hydrogens (tertiary/aromatic N) is 1. The molecule has 0 amide bonds.